The van der Waals surface area contributed by atoms with Gasteiger partial charge in [0.05, 0.1) is 23.2 Å². The molecule has 0 saturated heterocycles. The molecule has 4 rings (SSSR count). The Kier molecular flexibility index (Phi) is 11.0. The van der Waals surface area contributed by atoms with E-state index >= 15 is 0 Å². The van der Waals surface area contributed by atoms with E-state index in [1.165, 1.54) is 30.2 Å². The highest BCUT2D eigenvalue weighted by Gasteiger charge is 2.38. The third kappa shape index (κ3) is 9.17. The number of carbonyl (C=O) groups is 1. The molecule has 2 aromatic carbocycles. The van der Waals surface area contributed by atoms with Gasteiger partial charge in [0.1, 0.15) is 0 Å². The summed E-state index contributed by atoms with van der Waals surface area (Å²) in [5, 5.41) is 18.7. The number of aryl methyl sites for hydroxylation is 1. The molecule has 1 heterocycles. The average molecular weight is 697 g/mol. The second kappa shape index (κ2) is 14.3. The molecular formula is C31H37F9N6O2. The Labute approximate surface area is 271 Å². The lowest BCUT2D eigenvalue weighted by Gasteiger charge is -2.34. The Bertz CT molecular complexity index is 1450. The summed E-state index contributed by atoms with van der Waals surface area (Å²) in [7, 11) is 1.44. The fourth-order valence-corrected chi connectivity index (χ4v) is 6.22. The molecular weight excluding hydrogens is 659 g/mol. The summed E-state index contributed by atoms with van der Waals surface area (Å²) in [6, 6.07) is 3.76. The number of hydrazone groups is 1. The molecule has 0 radical (unpaired) electrons. The molecule has 17 heteroatoms. The lowest BCUT2D eigenvalue weighted by atomic mass is 9.80. The number of hydrazine groups is 2. The predicted molar refractivity (Wildman–Crippen MR) is 159 cm³/mol. The molecule has 0 amide bonds. The minimum Gasteiger partial charge on any atom is -0.481 e. The van der Waals surface area contributed by atoms with Crippen molar-refractivity contribution in [1.82, 2.24) is 21.0 Å². The predicted octanol–water partition coefficient (Wildman–Crippen LogP) is 7.39. The molecule has 0 spiro atoms. The highest BCUT2D eigenvalue weighted by atomic mass is 19.4. The number of anilines is 1. The van der Waals surface area contributed by atoms with Gasteiger partial charge >= 0.3 is 24.5 Å². The molecule has 0 bridgehead atoms. The van der Waals surface area contributed by atoms with Gasteiger partial charge in [-0.05, 0) is 92.3 Å². The summed E-state index contributed by atoms with van der Waals surface area (Å²) >= 11 is 0. The van der Waals surface area contributed by atoms with Crippen molar-refractivity contribution in [3.8, 4) is 0 Å². The molecule has 1 saturated carbocycles. The highest BCUT2D eigenvalue weighted by Crippen LogP contribution is 2.39. The summed E-state index contributed by atoms with van der Waals surface area (Å²) < 4.78 is 123. The van der Waals surface area contributed by atoms with Crippen LogP contribution in [-0.4, -0.2) is 47.3 Å². The summed E-state index contributed by atoms with van der Waals surface area (Å²) in [6.45, 7) is 3.43. The zero-order chi connectivity index (χ0) is 35.6. The van der Waals surface area contributed by atoms with Crippen LogP contribution in [-0.2, 0) is 36.4 Å². The van der Waals surface area contributed by atoms with Crippen molar-refractivity contribution in [3.05, 3.63) is 63.7 Å². The maximum atomic E-state index is 14.0. The molecule has 48 heavy (non-hydrogen) atoms. The Balaban J connectivity index is 1.58. The number of carboxylic acid groups (broad SMARTS) is 1. The molecule has 2 aliphatic rings. The van der Waals surface area contributed by atoms with Gasteiger partial charge in [-0.3, -0.25) is 9.80 Å². The SMILES string of the molecule is CCN(C[C@H]1CC[C@H](CC(=O)O)CC1)c1cc(C(F)(F)F)c(C)cc1CNC1=NNN(C)N1Cc1cc(C(F)(F)F)cc(C(F)(F)F)c1. The van der Waals surface area contributed by atoms with E-state index in [1.807, 2.05) is 11.8 Å². The highest BCUT2D eigenvalue weighted by molar-refractivity contribution is 5.80. The van der Waals surface area contributed by atoms with Crippen molar-refractivity contribution in [2.75, 3.05) is 25.0 Å². The number of halogens is 9. The molecule has 0 unspecified atom stereocenters. The third-order valence-corrected chi connectivity index (χ3v) is 8.69. The Morgan fingerprint density at radius 1 is 0.938 bits per heavy atom. The number of benzene rings is 2. The van der Waals surface area contributed by atoms with E-state index in [9.17, 15) is 44.3 Å². The molecule has 1 fully saturated rings. The summed E-state index contributed by atoms with van der Waals surface area (Å²) in [4.78, 5) is 13.0. The van der Waals surface area contributed by atoms with Crippen LogP contribution in [0.2, 0.25) is 0 Å². The summed E-state index contributed by atoms with van der Waals surface area (Å²) in [6.07, 6.45) is -11.7. The first-order valence-electron chi connectivity index (χ1n) is 15.3. The Hall–Kier alpha value is -3.89. The van der Waals surface area contributed by atoms with Crippen molar-refractivity contribution < 1.29 is 49.4 Å². The van der Waals surface area contributed by atoms with Crippen LogP contribution < -0.4 is 15.8 Å². The quantitative estimate of drug-likeness (QED) is 0.224. The van der Waals surface area contributed by atoms with E-state index in [2.05, 4.69) is 16.0 Å². The van der Waals surface area contributed by atoms with Crippen LogP contribution in [0.15, 0.2) is 35.4 Å². The maximum Gasteiger partial charge on any atom is 0.416 e. The van der Waals surface area contributed by atoms with Crippen LogP contribution in [0.25, 0.3) is 0 Å². The van der Waals surface area contributed by atoms with E-state index < -0.39 is 47.7 Å². The number of hydrogen-bond donors (Lipinski definition) is 3. The number of aliphatic carboxylic acids is 1. The van der Waals surface area contributed by atoms with Crippen LogP contribution in [0.1, 0.15) is 72.4 Å². The van der Waals surface area contributed by atoms with Gasteiger partial charge in [0.2, 0.25) is 5.96 Å². The first-order valence-corrected chi connectivity index (χ1v) is 15.3. The lowest BCUT2D eigenvalue weighted by Crippen LogP contribution is -2.46. The smallest absolute Gasteiger partial charge is 0.416 e. The van der Waals surface area contributed by atoms with Gasteiger partial charge in [-0.2, -0.15) is 39.5 Å². The zero-order valence-electron chi connectivity index (χ0n) is 26.5. The second-order valence-electron chi connectivity index (χ2n) is 12.2. The summed E-state index contributed by atoms with van der Waals surface area (Å²) in [5.74, 6) is -0.653. The minimum absolute atomic E-state index is 0.0202. The van der Waals surface area contributed by atoms with Crippen molar-refractivity contribution in [1.29, 1.82) is 0 Å². The second-order valence-corrected chi connectivity index (χ2v) is 12.2. The number of guanidine groups is 1. The van der Waals surface area contributed by atoms with Gasteiger partial charge in [-0.15, -0.1) is 10.2 Å². The Morgan fingerprint density at radius 3 is 2.04 bits per heavy atom. The number of hydrogen-bond acceptors (Lipinski definition) is 7. The molecule has 0 aromatic heterocycles. The van der Waals surface area contributed by atoms with Gasteiger partial charge < -0.3 is 15.3 Å². The van der Waals surface area contributed by atoms with E-state index in [0.29, 0.717) is 49.3 Å². The molecule has 1 aliphatic carbocycles. The lowest BCUT2D eigenvalue weighted by molar-refractivity contribution is -0.143. The van der Waals surface area contributed by atoms with E-state index in [1.54, 1.807) is 0 Å². The Morgan fingerprint density at radius 2 is 1.52 bits per heavy atom. The monoisotopic (exact) mass is 696 g/mol. The van der Waals surface area contributed by atoms with Gasteiger partial charge in [0.25, 0.3) is 0 Å². The van der Waals surface area contributed by atoms with Crippen LogP contribution in [0, 0.1) is 18.8 Å². The molecule has 0 atom stereocenters. The molecule has 3 N–H and O–H groups in total. The average Bonchev–Trinajstić information content (AvgIpc) is 3.32. The van der Waals surface area contributed by atoms with Gasteiger partial charge in [-0.1, -0.05) is 6.07 Å². The molecule has 2 aromatic rings. The van der Waals surface area contributed by atoms with Gasteiger partial charge in [0, 0.05) is 38.8 Å². The third-order valence-electron chi connectivity index (χ3n) is 8.69. The van der Waals surface area contributed by atoms with Crippen LogP contribution in [0.3, 0.4) is 0 Å². The molecule has 8 nitrogen and oxygen atoms in total. The fraction of sp³-hybridized carbons (Fsp3) is 0.548. The minimum atomic E-state index is -5.03. The maximum absolute atomic E-state index is 14.0. The van der Waals surface area contributed by atoms with E-state index in [-0.39, 0.29) is 48.0 Å². The zero-order valence-corrected chi connectivity index (χ0v) is 26.5. The van der Waals surface area contributed by atoms with Crippen molar-refractivity contribution in [2.24, 2.45) is 16.9 Å². The largest absolute Gasteiger partial charge is 0.481 e. The van der Waals surface area contributed by atoms with Crippen molar-refractivity contribution in [2.45, 2.75) is 77.6 Å². The van der Waals surface area contributed by atoms with E-state index in [0.717, 1.165) is 18.9 Å². The number of rotatable bonds is 10. The van der Waals surface area contributed by atoms with Crippen molar-refractivity contribution >= 4 is 17.6 Å². The number of nitrogens with one attached hydrogen (secondary N) is 2. The van der Waals surface area contributed by atoms with Crippen LogP contribution in [0.5, 0.6) is 0 Å². The first-order chi connectivity index (χ1) is 22.3. The van der Waals surface area contributed by atoms with Crippen LogP contribution in [0.4, 0.5) is 45.2 Å². The number of nitrogens with zero attached hydrogens (tertiary/aromatic N) is 4. The normalized spacial score (nSPS) is 19.2. The van der Waals surface area contributed by atoms with Gasteiger partial charge in [-0.25, -0.2) is 5.53 Å². The molecule has 1 aliphatic heterocycles. The topological polar surface area (TPSA) is 83.4 Å². The fourth-order valence-electron chi connectivity index (χ4n) is 6.22. The van der Waals surface area contributed by atoms with Crippen LogP contribution >= 0.6 is 0 Å². The van der Waals surface area contributed by atoms with E-state index in [4.69, 9.17) is 5.11 Å². The summed E-state index contributed by atoms with van der Waals surface area (Å²) in [5.41, 5.74) is -0.717. The van der Waals surface area contributed by atoms with Gasteiger partial charge in [0.15, 0.2) is 0 Å². The number of carboxylic acids is 1. The number of alkyl halides is 9. The molecule has 266 valence electrons. The first kappa shape index (κ1) is 36.9. The van der Waals surface area contributed by atoms with Crippen molar-refractivity contribution in [3.63, 3.8) is 0 Å². The standard InChI is InChI=1S/C31H37F9N6O2/c1-4-45(16-20-7-5-19(6-8-20)12-27(47)48)26-14-25(31(38,39)40)18(2)9-22(26)15-41-28-42-43-44(3)46(28)17-21-10-23(29(32,33)34)13-24(11-21)30(35,36)37/h9-11,13-14,19-20,43H,4-8,12,15-17H2,1-3H3,(H,41,42)(H,47,48)/t19-,20-.